The number of ketones is 4. The van der Waals surface area contributed by atoms with Gasteiger partial charge in [0, 0.05) is 35.5 Å². The van der Waals surface area contributed by atoms with E-state index < -0.39 is 10.8 Å². The Morgan fingerprint density at radius 3 is 1.70 bits per heavy atom. The van der Waals surface area contributed by atoms with Gasteiger partial charge in [-0.3, -0.25) is 19.2 Å². The van der Waals surface area contributed by atoms with Crippen molar-refractivity contribution in [2.45, 2.75) is 162 Å². The maximum Gasteiger partial charge on any atom is 0.197 e. The van der Waals surface area contributed by atoms with Crippen molar-refractivity contribution in [1.29, 1.82) is 21.0 Å². The van der Waals surface area contributed by atoms with Crippen LogP contribution in [0.5, 0.6) is 0 Å². The maximum atomic E-state index is 12.4. The summed E-state index contributed by atoms with van der Waals surface area (Å²) in [6, 6.07) is 29.4. The van der Waals surface area contributed by atoms with Crippen LogP contribution in [0.25, 0.3) is 0 Å². The van der Waals surface area contributed by atoms with E-state index >= 15 is 0 Å². The Kier molecular flexibility index (Phi) is 17.1. The lowest BCUT2D eigenvalue weighted by Crippen LogP contribution is -2.51. The van der Waals surface area contributed by atoms with Crippen LogP contribution < -0.4 is 0 Å². The number of aliphatic hydroxyl groups excluding tert-OH is 1. The summed E-state index contributed by atoms with van der Waals surface area (Å²) in [6.07, 6.45) is 23.9. The molecule has 6 saturated carbocycles. The van der Waals surface area contributed by atoms with Crippen molar-refractivity contribution in [3.05, 3.63) is 178 Å². The number of carbonyl (C=O) groups excluding carboxylic acids is 4. The molecule has 8 aliphatic carbocycles. The molecule has 15 heteroatoms. The van der Waals surface area contributed by atoms with Crippen molar-refractivity contribution in [3.63, 3.8) is 0 Å². The Morgan fingerprint density at radius 2 is 1.18 bits per heavy atom. The lowest BCUT2D eigenvalue weighted by atomic mass is 9.47. The average molecular weight is 1180 g/mol. The van der Waals surface area contributed by atoms with Crippen molar-refractivity contribution in [1.82, 2.24) is 29.5 Å². The molecule has 0 amide bonds. The van der Waals surface area contributed by atoms with E-state index in [-0.39, 0.29) is 45.0 Å². The van der Waals surface area contributed by atoms with E-state index in [4.69, 9.17) is 10.5 Å². The van der Waals surface area contributed by atoms with Crippen LogP contribution in [0.15, 0.2) is 139 Å². The molecule has 3 aromatic carbocycles. The van der Waals surface area contributed by atoms with Gasteiger partial charge in [0.2, 0.25) is 0 Å². The van der Waals surface area contributed by atoms with Crippen LogP contribution in [0.2, 0.25) is 0 Å². The van der Waals surface area contributed by atoms with E-state index in [9.17, 15) is 34.8 Å². The van der Waals surface area contributed by atoms with Crippen molar-refractivity contribution < 1.29 is 24.3 Å². The second-order valence-corrected chi connectivity index (χ2v) is 27.9. The Labute approximate surface area is 517 Å². The summed E-state index contributed by atoms with van der Waals surface area (Å²) in [4.78, 5) is 56.4. The summed E-state index contributed by atoms with van der Waals surface area (Å²) in [5.41, 5.74) is 7.81. The third kappa shape index (κ3) is 11.5. The van der Waals surface area contributed by atoms with E-state index in [2.05, 4.69) is 84.8 Å². The maximum absolute atomic E-state index is 12.4. The van der Waals surface area contributed by atoms with Gasteiger partial charge in [-0.05, 0) is 208 Å². The molecule has 6 fully saturated rings. The summed E-state index contributed by atoms with van der Waals surface area (Å²) in [5, 5.41) is 55.3. The lowest BCUT2D eigenvalue weighted by molar-refractivity contribution is -0.133. The molecule has 2 heterocycles. The standard InChI is InChI=1S/C20H24O2.C19H26O3.C17H11N5.C17H19N5/c1-12-10-14-15-4-5-18(22)20(15,3)9-7-16(14)19(2)8-6-13(21)11-17(12)19;1-18-10-8-15(20)17(22)14(18)4-3-11-12-5-6-16(21)19(12,2)9-7-13(11)18;18-9-13-1-5-15(6-2-13)17(22-12-20-11-21-22)16-7-3-14(10-19)4-8-16;1-16(2,9-18)14-5-13(8-22-12-20-11-21-22)6-15(7-14)17(3,4)10-19/h6,8,11,14-16H,1,4-5,7,9-10H2,2-3H3;11-13,22H,3-10H2,1-2H3;1-8,11-12,17H;5-7,11-12H,8H2,1-4H3/t14-,15-,16-,19+,20-;11-,12-,13-,18+,19-;;/m00../s1. The van der Waals surface area contributed by atoms with Crippen molar-refractivity contribution in [2.24, 2.45) is 57.2 Å². The summed E-state index contributed by atoms with van der Waals surface area (Å²) < 4.78 is 3.48. The van der Waals surface area contributed by atoms with Gasteiger partial charge in [0.05, 0.1) is 52.8 Å². The van der Waals surface area contributed by atoms with Gasteiger partial charge < -0.3 is 5.11 Å². The normalized spacial score (nSPS) is 29.2. The molecular formula is C73H80N10O5. The van der Waals surface area contributed by atoms with Gasteiger partial charge in [-0.25, -0.2) is 19.3 Å². The molecular weight excluding hydrogens is 1100 g/mol. The molecule has 10 atom stereocenters. The molecule has 1 N–H and O–H groups in total. The average Bonchev–Trinajstić information content (AvgIpc) is 1.24. The number of benzene rings is 3. The van der Waals surface area contributed by atoms with Crippen LogP contribution in [0.3, 0.4) is 0 Å². The van der Waals surface area contributed by atoms with Crippen molar-refractivity contribution in [3.8, 4) is 24.3 Å². The second kappa shape index (κ2) is 24.1. The number of nitrogens with zero attached hydrogens (tertiary/aromatic N) is 10. The largest absolute Gasteiger partial charge is 0.504 e. The molecule has 0 spiro atoms. The number of carbonyl (C=O) groups is 4. The highest BCUT2D eigenvalue weighted by Gasteiger charge is 2.61. The van der Waals surface area contributed by atoms with Gasteiger partial charge in [-0.15, -0.1) is 0 Å². The molecule has 0 aliphatic heterocycles. The van der Waals surface area contributed by atoms with Crippen LogP contribution in [0.1, 0.15) is 184 Å². The number of allylic oxidation sites excluding steroid dienone is 6. The number of rotatable bonds is 7. The Morgan fingerprint density at radius 1 is 0.648 bits per heavy atom. The van der Waals surface area contributed by atoms with Crippen molar-refractivity contribution in [2.75, 3.05) is 0 Å². The van der Waals surface area contributed by atoms with Crippen LogP contribution >= 0.6 is 0 Å². The van der Waals surface area contributed by atoms with Crippen molar-refractivity contribution >= 4 is 23.1 Å². The fraction of sp³-hybridized carbons (Fsp3) is 0.479. The smallest absolute Gasteiger partial charge is 0.197 e. The third-order valence-corrected chi connectivity index (χ3v) is 22.3. The minimum atomic E-state index is -0.612. The summed E-state index contributed by atoms with van der Waals surface area (Å²) >= 11 is 0. The number of aromatic nitrogens is 6. The third-order valence-electron chi connectivity index (χ3n) is 22.3. The zero-order chi connectivity index (χ0) is 63.1. The van der Waals surface area contributed by atoms with Crippen LogP contribution in [0.4, 0.5) is 0 Å². The van der Waals surface area contributed by atoms with Crippen LogP contribution in [-0.2, 0) is 36.6 Å². The zero-order valence-corrected chi connectivity index (χ0v) is 52.1. The number of fused-ring (bicyclic) bond motifs is 10. The molecule has 5 aromatic rings. The number of hydrogen-bond acceptors (Lipinski definition) is 13. The van der Waals surface area contributed by atoms with Gasteiger partial charge in [-0.1, -0.05) is 88.4 Å². The molecule has 2 aromatic heterocycles. The van der Waals surface area contributed by atoms with E-state index in [1.807, 2.05) is 70.2 Å². The first-order chi connectivity index (χ1) is 41.8. The fourth-order valence-corrected chi connectivity index (χ4v) is 16.9. The summed E-state index contributed by atoms with van der Waals surface area (Å²) in [7, 11) is 0. The van der Waals surface area contributed by atoms with Gasteiger partial charge in [-0.2, -0.15) is 31.2 Å². The number of aliphatic hydroxyl groups is 1. The van der Waals surface area contributed by atoms with E-state index in [0.29, 0.717) is 71.2 Å². The number of hydrogen-bond donors (Lipinski definition) is 1. The quantitative estimate of drug-likeness (QED) is 0.159. The zero-order valence-electron chi connectivity index (χ0n) is 52.1. The predicted octanol–water partition coefficient (Wildman–Crippen LogP) is 13.6. The fourth-order valence-electron chi connectivity index (χ4n) is 16.9. The molecule has 0 unspecified atom stereocenters. The number of nitriles is 4. The predicted molar refractivity (Wildman–Crippen MR) is 332 cm³/mol. The number of Topliss-reactive ketones (excluding diaryl/α,β-unsaturated/α-hetero) is 3. The van der Waals surface area contributed by atoms with E-state index in [1.165, 1.54) is 12.7 Å². The SMILES string of the molecule is C=C1C[C@@H]2[C@H](CC[C@]3(C)C(=O)CC[C@@H]23)[C@@]2(C)C=CC(=O)C=C12.CC(C)(C#N)c1cc(Cn2cncn2)cc(C(C)(C)C#N)c1.C[C@]12CCC(=O)C(O)=C1CC[C@@H]1[C@@H]2CC[C@]2(C)C(=O)CC[C@@H]12.N#Cc1ccc(C(c2ccc(C#N)cc2)n2cncn2)cc1. The second-order valence-electron chi connectivity index (χ2n) is 27.9. The molecule has 0 radical (unpaired) electrons. The molecule has 8 aliphatic rings. The van der Waals surface area contributed by atoms with Gasteiger partial charge >= 0.3 is 0 Å². The molecule has 15 nitrogen and oxygen atoms in total. The molecule has 0 bridgehead atoms. The minimum Gasteiger partial charge on any atom is -0.504 e. The Hall–Kier alpha value is -8.66. The monoisotopic (exact) mass is 1180 g/mol. The highest BCUT2D eigenvalue weighted by Crippen LogP contribution is 2.66. The first-order valence-electron chi connectivity index (χ1n) is 31.1. The van der Waals surface area contributed by atoms with E-state index in [1.54, 1.807) is 58.4 Å². The molecule has 13 rings (SSSR count). The summed E-state index contributed by atoms with van der Waals surface area (Å²) in [5.74, 6) is 4.28. The van der Waals surface area contributed by atoms with Crippen LogP contribution in [-0.4, -0.2) is 57.8 Å². The van der Waals surface area contributed by atoms with Gasteiger partial charge in [0.15, 0.2) is 17.3 Å². The topological polar surface area (TPSA) is 245 Å². The first kappa shape index (κ1) is 62.4. The van der Waals surface area contributed by atoms with Crippen LogP contribution in [0, 0.1) is 102 Å². The summed E-state index contributed by atoms with van der Waals surface area (Å²) in [6.45, 7) is 21.3. The highest BCUT2D eigenvalue weighted by molar-refractivity contribution is 6.02. The molecule has 0 saturated heterocycles. The minimum absolute atomic E-state index is 0.0200. The van der Waals surface area contributed by atoms with Gasteiger partial charge in [0.25, 0.3) is 0 Å². The highest BCUT2D eigenvalue weighted by atomic mass is 16.3. The van der Waals surface area contributed by atoms with E-state index in [0.717, 1.165) is 122 Å². The Bertz CT molecular complexity index is 3720. The molecule has 88 heavy (non-hydrogen) atoms. The first-order valence-corrected chi connectivity index (χ1v) is 31.1. The molecule has 452 valence electrons. The Balaban J connectivity index is 0.000000130. The lowest BCUT2D eigenvalue weighted by Gasteiger charge is -2.56. The van der Waals surface area contributed by atoms with Gasteiger partial charge in [0.1, 0.15) is 42.9 Å².